The summed E-state index contributed by atoms with van der Waals surface area (Å²) in [5.41, 5.74) is 12.7. The maximum absolute atomic E-state index is 6.46. The van der Waals surface area contributed by atoms with Gasteiger partial charge in [-0.3, -0.25) is 0 Å². The minimum Gasteiger partial charge on any atom is -0.456 e. The maximum atomic E-state index is 6.46. The molecule has 4 nitrogen and oxygen atoms in total. The minimum absolute atomic E-state index is 0.922. The molecule has 5 heterocycles. The molecule has 0 atom stereocenters. The first kappa shape index (κ1) is 26.8. The van der Waals surface area contributed by atoms with Crippen LogP contribution in [-0.2, 0) is 0 Å². The lowest BCUT2D eigenvalue weighted by atomic mass is 9.99. The monoisotopic (exact) mass is 661 g/mol. The van der Waals surface area contributed by atoms with Crippen LogP contribution in [0.15, 0.2) is 168 Å². The van der Waals surface area contributed by atoms with Crippen molar-refractivity contribution < 1.29 is 4.42 Å². The van der Waals surface area contributed by atoms with Crippen molar-refractivity contribution in [2.45, 2.75) is 0 Å². The summed E-state index contributed by atoms with van der Waals surface area (Å²) in [4.78, 5) is 2.41. The smallest absolute Gasteiger partial charge is 0.136 e. The van der Waals surface area contributed by atoms with Gasteiger partial charge in [0.25, 0.3) is 0 Å². The highest BCUT2D eigenvalue weighted by molar-refractivity contribution is 6.39. The van der Waals surface area contributed by atoms with Gasteiger partial charge in [-0.15, -0.1) is 0 Å². The van der Waals surface area contributed by atoms with Gasteiger partial charge < -0.3 is 18.1 Å². The van der Waals surface area contributed by atoms with Crippen LogP contribution in [0.2, 0.25) is 0 Å². The highest BCUT2D eigenvalue weighted by Gasteiger charge is 2.28. The van der Waals surface area contributed by atoms with Crippen LogP contribution < -0.4 is 4.90 Å². The summed E-state index contributed by atoms with van der Waals surface area (Å²) in [6.07, 6.45) is 0. The number of nitrogens with zero attached hydrogens (tertiary/aromatic N) is 3. The third kappa shape index (κ3) is 3.15. The Morgan fingerprint density at radius 2 is 0.923 bits per heavy atom. The molecule has 0 bridgehead atoms. The second-order valence-electron chi connectivity index (χ2n) is 14.1. The Morgan fingerprint density at radius 1 is 0.346 bits per heavy atom. The summed E-state index contributed by atoms with van der Waals surface area (Å²) in [6, 6.07) is 59.5. The predicted molar refractivity (Wildman–Crippen MR) is 218 cm³/mol. The summed E-state index contributed by atoms with van der Waals surface area (Å²) >= 11 is 0. The van der Waals surface area contributed by atoms with Gasteiger partial charge in [0.15, 0.2) is 0 Å². The largest absolute Gasteiger partial charge is 0.456 e. The zero-order valence-electron chi connectivity index (χ0n) is 27.8. The standard InChI is InChI=1S/C48H27N3O/c1-3-13-28(14-4-1)49(29-15-5-2-6-16-29)39-24-23-33-44-41(51-37-20-10-7-18-31(37)45(39)47(33)51)26-36-34-27-43-35(30-17-9-12-22-42(30)52-43)25-40(34)50-38-21-11-8-19-32(38)46(44)48(36)50/h1-27H. The fraction of sp³-hybridized carbons (Fsp3) is 0. The Kier molecular flexibility index (Phi) is 4.83. The molecule has 13 aromatic rings. The van der Waals surface area contributed by atoms with Crippen molar-refractivity contribution in [3.63, 3.8) is 0 Å². The molecule has 0 aliphatic carbocycles. The molecule has 13 rings (SSSR count). The first-order valence-electron chi connectivity index (χ1n) is 17.9. The van der Waals surface area contributed by atoms with Crippen LogP contribution in [0, 0.1) is 0 Å². The van der Waals surface area contributed by atoms with Gasteiger partial charge in [-0.1, -0.05) is 97.1 Å². The number of benzene rings is 8. The van der Waals surface area contributed by atoms with Crippen molar-refractivity contribution in [1.29, 1.82) is 0 Å². The fourth-order valence-electron chi connectivity index (χ4n) is 9.52. The highest BCUT2D eigenvalue weighted by Crippen LogP contribution is 2.51. The fourth-order valence-corrected chi connectivity index (χ4v) is 9.52. The molecule has 4 heteroatoms. The van der Waals surface area contributed by atoms with Gasteiger partial charge in [-0.05, 0) is 66.7 Å². The quantitative estimate of drug-likeness (QED) is 0.188. The molecule has 0 radical (unpaired) electrons. The van der Waals surface area contributed by atoms with E-state index in [1.165, 1.54) is 81.9 Å². The van der Waals surface area contributed by atoms with Gasteiger partial charge in [0.05, 0.1) is 38.8 Å². The summed E-state index contributed by atoms with van der Waals surface area (Å²) < 4.78 is 11.5. The van der Waals surface area contributed by atoms with Gasteiger partial charge >= 0.3 is 0 Å². The lowest BCUT2D eigenvalue weighted by Crippen LogP contribution is -2.10. The van der Waals surface area contributed by atoms with Crippen LogP contribution in [0.4, 0.5) is 17.1 Å². The Balaban J connectivity index is 1.24. The van der Waals surface area contributed by atoms with Crippen molar-refractivity contribution >= 4 is 115 Å². The number of rotatable bonds is 3. The SMILES string of the molecule is c1ccc(N(c2ccccc2)c2ccc3c4c5c6ccccc6n6c7cc8c(cc7c(cc4n4c7ccccc7c2c34)c56)oc2ccccc28)cc1. The molecule has 0 amide bonds. The van der Waals surface area contributed by atoms with Crippen LogP contribution in [0.25, 0.3) is 98.1 Å². The molecule has 0 aliphatic rings. The van der Waals surface area contributed by atoms with Gasteiger partial charge in [0, 0.05) is 65.2 Å². The average Bonchev–Trinajstić information content (AvgIpc) is 3.99. The van der Waals surface area contributed by atoms with Gasteiger partial charge in [-0.25, -0.2) is 0 Å². The topological polar surface area (TPSA) is 25.2 Å². The van der Waals surface area contributed by atoms with E-state index >= 15 is 0 Å². The molecular formula is C48H27N3O. The molecule has 0 saturated heterocycles. The van der Waals surface area contributed by atoms with E-state index in [0.717, 1.165) is 33.3 Å². The Morgan fingerprint density at radius 3 is 1.65 bits per heavy atom. The van der Waals surface area contributed by atoms with Crippen LogP contribution in [-0.4, -0.2) is 8.80 Å². The lowest BCUT2D eigenvalue weighted by Gasteiger charge is -2.26. The van der Waals surface area contributed by atoms with Crippen LogP contribution in [0.3, 0.4) is 0 Å². The lowest BCUT2D eigenvalue weighted by molar-refractivity contribution is 0.669. The minimum atomic E-state index is 0.922. The van der Waals surface area contributed by atoms with E-state index in [0.29, 0.717) is 0 Å². The van der Waals surface area contributed by atoms with Gasteiger partial charge in [-0.2, -0.15) is 0 Å². The number of hydrogen-bond acceptors (Lipinski definition) is 2. The molecule has 0 aliphatic heterocycles. The van der Waals surface area contributed by atoms with Crippen molar-refractivity contribution in [3.05, 3.63) is 164 Å². The summed E-state index contributed by atoms with van der Waals surface area (Å²) in [7, 11) is 0. The molecule has 52 heavy (non-hydrogen) atoms. The molecule has 8 aromatic carbocycles. The van der Waals surface area contributed by atoms with E-state index in [-0.39, 0.29) is 0 Å². The first-order valence-corrected chi connectivity index (χ1v) is 17.9. The highest BCUT2D eigenvalue weighted by atomic mass is 16.3. The van der Waals surface area contributed by atoms with Crippen molar-refractivity contribution in [1.82, 2.24) is 8.80 Å². The molecule has 0 fully saturated rings. The van der Waals surface area contributed by atoms with E-state index in [4.69, 9.17) is 4.42 Å². The molecule has 5 aromatic heterocycles. The Hall–Kier alpha value is -7.04. The number of aromatic nitrogens is 2. The molecule has 0 unspecified atom stereocenters. The number of para-hydroxylation sites is 5. The third-order valence-electron chi connectivity index (χ3n) is 11.5. The van der Waals surface area contributed by atoms with Crippen molar-refractivity contribution in [2.75, 3.05) is 4.90 Å². The van der Waals surface area contributed by atoms with E-state index < -0.39 is 0 Å². The average molecular weight is 662 g/mol. The normalized spacial score (nSPS) is 12.6. The second-order valence-corrected chi connectivity index (χ2v) is 14.1. The zero-order chi connectivity index (χ0) is 33.7. The zero-order valence-corrected chi connectivity index (χ0v) is 27.8. The predicted octanol–water partition coefficient (Wildman–Crippen LogP) is 13.4. The van der Waals surface area contributed by atoms with E-state index in [2.05, 4.69) is 171 Å². The Labute approximate surface area is 296 Å². The van der Waals surface area contributed by atoms with Crippen molar-refractivity contribution in [2.24, 2.45) is 0 Å². The van der Waals surface area contributed by atoms with Crippen molar-refractivity contribution in [3.8, 4) is 0 Å². The number of fused-ring (bicyclic) bond motifs is 16. The third-order valence-corrected chi connectivity index (χ3v) is 11.5. The number of anilines is 3. The molecule has 0 N–H and O–H groups in total. The molecule has 0 saturated carbocycles. The second kappa shape index (κ2) is 9.39. The number of hydrogen-bond donors (Lipinski definition) is 0. The summed E-state index contributed by atoms with van der Waals surface area (Å²) in [5.74, 6) is 0. The summed E-state index contributed by atoms with van der Waals surface area (Å²) in [6.45, 7) is 0. The molecule has 240 valence electrons. The number of furan rings is 1. The first-order chi connectivity index (χ1) is 25.8. The van der Waals surface area contributed by atoms with E-state index in [1.807, 2.05) is 6.07 Å². The van der Waals surface area contributed by atoms with E-state index in [9.17, 15) is 0 Å². The van der Waals surface area contributed by atoms with E-state index in [1.54, 1.807) is 0 Å². The maximum Gasteiger partial charge on any atom is 0.136 e. The molecule has 0 spiro atoms. The molecular weight excluding hydrogens is 635 g/mol. The summed E-state index contributed by atoms with van der Waals surface area (Å²) in [5, 5.41) is 12.4. The van der Waals surface area contributed by atoms with Crippen LogP contribution in [0.5, 0.6) is 0 Å². The van der Waals surface area contributed by atoms with Gasteiger partial charge in [0.2, 0.25) is 0 Å². The van der Waals surface area contributed by atoms with Gasteiger partial charge in [0.1, 0.15) is 11.2 Å². The van der Waals surface area contributed by atoms with Crippen LogP contribution >= 0.6 is 0 Å². The Bertz CT molecular complexity index is 3530. The van der Waals surface area contributed by atoms with Crippen LogP contribution in [0.1, 0.15) is 0 Å².